The number of carbonyl (C=O) groups is 2. The summed E-state index contributed by atoms with van der Waals surface area (Å²) in [7, 11) is 0. The molecule has 1 unspecified atom stereocenters. The summed E-state index contributed by atoms with van der Waals surface area (Å²) in [6, 6.07) is 16.5. The molecule has 2 aromatic rings. The maximum atomic E-state index is 13.1. The average Bonchev–Trinajstić information content (AvgIpc) is 2.82. The van der Waals surface area contributed by atoms with Crippen LogP contribution in [-0.2, 0) is 14.3 Å². The lowest BCUT2D eigenvalue weighted by molar-refractivity contribution is -0.140. The number of hydrogen-bond acceptors (Lipinski definition) is 4. The molecular weight excluding hydrogens is 446 g/mol. The number of rotatable bonds is 8. The largest absolute Gasteiger partial charge is 0.462 e. The quantitative estimate of drug-likeness (QED) is 0.315. The van der Waals surface area contributed by atoms with Gasteiger partial charge >= 0.3 is 5.97 Å². The fourth-order valence-corrected chi connectivity index (χ4v) is 4.10. The predicted molar refractivity (Wildman–Crippen MR) is 140 cm³/mol. The first-order valence-corrected chi connectivity index (χ1v) is 11.8. The van der Waals surface area contributed by atoms with Gasteiger partial charge in [-0.3, -0.25) is 4.79 Å². The molecule has 1 heterocycles. The van der Waals surface area contributed by atoms with Crippen LogP contribution in [0, 0.1) is 5.92 Å². The standard InChI is InChI=1S/C27H31N3O3S/c1-5-30-19(4)24(26(32)33-17-18(2)3)25(29-27(30)34)21-12-9-13-22(16-21)28-23(31)15-14-20-10-7-6-8-11-20/h6-16,18,25H,5,17H2,1-4H3,(H,28,31)(H,29,34)/b15-14+. The average molecular weight is 478 g/mol. The second-order valence-corrected chi connectivity index (χ2v) is 8.86. The molecule has 0 bridgehead atoms. The normalized spacial score (nSPS) is 16.1. The van der Waals surface area contributed by atoms with E-state index >= 15 is 0 Å². The van der Waals surface area contributed by atoms with E-state index in [1.165, 1.54) is 6.08 Å². The zero-order chi connectivity index (χ0) is 24.7. The molecule has 1 aliphatic rings. The van der Waals surface area contributed by atoms with Crippen LogP contribution in [0.25, 0.3) is 6.08 Å². The Kier molecular flexibility index (Phi) is 8.60. The van der Waals surface area contributed by atoms with Crippen molar-refractivity contribution >= 4 is 41.0 Å². The van der Waals surface area contributed by atoms with Gasteiger partial charge < -0.3 is 20.3 Å². The van der Waals surface area contributed by atoms with E-state index in [-0.39, 0.29) is 17.8 Å². The van der Waals surface area contributed by atoms with Gasteiger partial charge in [0.1, 0.15) is 0 Å². The van der Waals surface area contributed by atoms with Gasteiger partial charge in [0.15, 0.2) is 5.11 Å². The maximum absolute atomic E-state index is 13.1. The lowest BCUT2D eigenvalue weighted by atomic mass is 9.94. The van der Waals surface area contributed by atoms with Crippen molar-refractivity contribution in [3.63, 3.8) is 0 Å². The number of amides is 1. The summed E-state index contributed by atoms with van der Waals surface area (Å²) in [5.41, 5.74) is 3.66. The summed E-state index contributed by atoms with van der Waals surface area (Å²) in [5, 5.41) is 6.72. The van der Waals surface area contributed by atoms with Gasteiger partial charge in [-0.2, -0.15) is 0 Å². The Labute approximate surface area is 206 Å². The summed E-state index contributed by atoms with van der Waals surface area (Å²) >= 11 is 5.56. The number of nitrogens with one attached hydrogen (secondary N) is 2. The highest BCUT2D eigenvalue weighted by molar-refractivity contribution is 7.80. The van der Waals surface area contributed by atoms with Crippen LogP contribution in [0.5, 0.6) is 0 Å². The zero-order valence-electron chi connectivity index (χ0n) is 20.0. The van der Waals surface area contributed by atoms with Crippen molar-refractivity contribution < 1.29 is 14.3 Å². The Morgan fingerprint density at radius 1 is 1.18 bits per heavy atom. The molecule has 0 radical (unpaired) electrons. The molecule has 7 heteroatoms. The number of hydrogen-bond donors (Lipinski definition) is 2. The van der Waals surface area contributed by atoms with Gasteiger partial charge in [0.25, 0.3) is 0 Å². The number of ether oxygens (including phenoxy) is 1. The molecule has 1 atom stereocenters. The van der Waals surface area contributed by atoms with Crippen molar-refractivity contribution in [2.45, 2.75) is 33.7 Å². The number of benzene rings is 2. The van der Waals surface area contributed by atoms with Crippen LogP contribution in [0.3, 0.4) is 0 Å². The van der Waals surface area contributed by atoms with Gasteiger partial charge in [-0.05, 0) is 61.3 Å². The van der Waals surface area contributed by atoms with Gasteiger partial charge in [-0.25, -0.2) is 4.79 Å². The highest BCUT2D eigenvalue weighted by Gasteiger charge is 2.34. The lowest BCUT2D eigenvalue weighted by Crippen LogP contribution is -2.47. The smallest absolute Gasteiger partial charge is 0.338 e. The van der Waals surface area contributed by atoms with Crippen LogP contribution in [0.15, 0.2) is 71.9 Å². The first-order chi connectivity index (χ1) is 16.3. The molecule has 178 valence electrons. The molecule has 34 heavy (non-hydrogen) atoms. The minimum Gasteiger partial charge on any atom is -0.462 e. The summed E-state index contributed by atoms with van der Waals surface area (Å²) in [5.74, 6) is -0.385. The van der Waals surface area contributed by atoms with Crippen LogP contribution in [0.1, 0.15) is 44.9 Å². The molecule has 0 aliphatic carbocycles. The third-order valence-electron chi connectivity index (χ3n) is 5.39. The summed E-state index contributed by atoms with van der Waals surface area (Å²) in [6.45, 7) is 8.83. The second-order valence-electron chi connectivity index (χ2n) is 8.48. The molecule has 2 aromatic carbocycles. The van der Waals surface area contributed by atoms with Crippen LogP contribution in [0.2, 0.25) is 0 Å². The molecule has 0 aromatic heterocycles. The Hall–Kier alpha value is -3.45. The van der Waals surface area contributed by atoms with Crippen LogP contribution < -0.4 is 10.6 Å². The fraction of sp³-hybridized carbons (Fsp3) is 0.296. The Morgan fingerprint density at radius 2 is 1.91 bits per heavy atom. The van der Waals surface area contributed by atoms with Crippen molar-refractivity contribution in [2.24, 2.45) is 5.92 Å². The van der Waals surface area contributed by atoms with Crippen molar-refractivity contribution in [3.05, 3.63) is 83.1 Å². The molecule has 3 rings (SSSR count). The third-order valence-corrected chi connectivity index (χ3v) is 5.73. The van der Waals surface area contributed by atoms with E-state index in [1.807, 2.05) is 87.2 Å². The highest BCUT2D eigenvalue weighted by Crippen LogP contribution is 2.32. The van der Waals surface area contributed by atoms with Gasteiger partial charge in [0.2, 0.25) is 5.91 Å². The van der Waals surface area contributed by atoms with E-state index in [1.54, 1.807) is 6.08 Å². The van der Waals surface area contributed by atoms with Crippen molar-refractivity contribution in [2.75, 3.05) is 18.5 Å². The minimum atomic E-state index is -0.480. The molecular formula is C27H31N3O3S. The van der Waals surface area contributed by atoms with Crippen LogP contribution in [-0.4, -0.2) is 35.0 Å². The first kappa shape index (κ1) is 25.2. The van der Waals surface area contributed by atoms with E-state index in [9.17, 15) is 9.59 Å². The SMILES string of the molecule is CCN1C(=S)NC(c2cccc(NC(=O)/C=C/c3ccccc3)c2)C(C(=O)OCC(C)C)=C1C. The molecule has 1 amide bonds. The number of anilines is 1. The van der Waals surface area contributed by atoms with E-state index < -0.39 is 6.04 Å². The lowest BCUT2D eigenvalue weighted by Gasteiger charge is -2.37. The fourth-order valence-electron chi connectivity index (χ4n) is 3.71. The monoisotopic (exact) mass is 477 g/mol. The Balaban J connectivity index is 1.85. The molecule has 0 fully saturated rings. The number of allylic oxidation sites excluding steroid dienone is 1. The van der Waals surface area contributed by atoms with Gasteiger partial charge in [0, 0.05) is 24.0 Å². The van der Waals surface area contributed by atoms with E-state index in [0.717, 1.165) is 16.8 Å². The molecule has 0 spiro atoms. The number of esters is 1. The number of carbonyl (C=O) groups excluding carboxylic acids is 2. The highest BCUT2D eigenvalue weighted by atomic mass is 32.1. The zero-order valence-corrected chi connectivity index (χ0v) is 20.8. The molecule has 0 saturated heterocycles. The Bertz CT molecular complexity index is 1110. The maximum Gasteiger partial charge on any atom is 0.338 e. The first-order valence-electron chi connectivity index (χ1n) is 11.4. The Morgan fingerprint density at radius 3 is 2.59 bits per heavy atom. The molecule has 2 N–H and O–H groups in total. The van der Waals surface area contributed by atoms with Crippen molar-refractivity contribution in [3.8, 4) is 0 Å². The third kappa shape index (κ3) is 6.32. The second kappa shape index (κ2) is 11.6. The minimum absolute atomic E-state index is 0.227. The number of thiocarbonyl (C=S) groups is 1. The van der Waals surface area contributed by atoms with E-state index in [4.69, 9.17) is 17.0 Å². The topological polar surface area (TPSA) is 70.7 Å². The summed E-state index contributed by atoms with van der Waals surface area (Å²) in [4.78, 5) is 27.4. The van der Waals surface area contributed by atoms with Crippen LogP contribution >= 0.6 is 12.2 Å². The molecule has 0 saturated carbocycles. The van der Waals surface area contributed by atoms with Crippen LogP contribution in [0.4, 0.5) is 5.69 Å². The summed E-state index contributed by atoms with van der Waals surface area (Å²) in [6.07, 6.45) is 3.25. The van der Waals surface area contributed by atoms with E-state index in [2.05, 4.69) is 10.6 Å². The van der Waals surface area contributed by atoms with Crippen molar-refractivity contribution in [1.29, 1.82) is 0 Å². The van der Waals surface area contributed by atoms with Gasteiger partial charge in [0.05, 0.1) is 18.2 Å². The van der Waals surface area contributed by atoms with Gasteiger partial charge in [-0.15, -0.1) is 0 Å². The predicted octanol–water partition coefficient (Wildman–Crippen LogP) is 5.06. The number of nitrogens with zero attached hydrogens (tertiary/aromatic N) is 1. The summed E-state index contributed by atoms with van der Waals surface area (Å²) < 4.78 is 5.58. The molecule has 1 aliphatic heterocycles. The molecule has 6 nitrogen and oxygen atoms in total. The van der Waals surface area contributed by atoms with Crippen molar-refractivity contribution in [1.82, 2.24) is 10.2 Å². The van der Waals surface area contributed by atoms with E-state index in [0.29, 0.717) is 29.5 Å². The van der Waals surface area contributed by atoms with Gasteiger partial charge in [-0.1, -0.05) is 56.3 Å².